The van der Waals surface area contributed by atoms with Gasteiger partial charge in [0, 0.05) is 12.1 Å². The van der Waals surface area contributed by atoms with Gasteiger partial charge in [-0.3, -0.25) is 0 Å². The maximum absolute atomic E-state index is 12.3. The van der Waals surface area contributed by atoms with Gasteiger partial charge < -0.3 is 0 Å². The predicted octanol–water partition coefficient (Wildman–Crippen LogP) is 2.49. The molecule has 0 N–H and O–H groups in total. The lowest BCUT2D eigenvalue weighted by Crippen LogP contribution is -2.31. The van der Waals surface area contributed by atoms with Gasteiger partial charge in [0.25, 0.3) is 0 Å². The van der Waals surface area contributed by atoms with E-state index in [1.54, 1.807) is 0 Å². The van der Waals surface area contributed by atoms with Gasteiger partial charge in [0.2, 0.25) is 0 Å². The number of hydrogen-bond donors (Lipinski definition) is 0. The van der Waals surface area contributed by atoms with Crippen LogP contribution in [0.2, 0.25) is 0 Å². The van der Waals surface area contributed by atoms with Crippen LogP contribution in [-0.4, -0.2) is 30.3 Å². The van der Waals surface area contributed by atoms with E-state index in [4.69, 9.17) is 0 Å². The lowest BCUT2D eigenvalue weighted by atomic mass is 10.1. The van der Waals surface area contributed by atoms with Crippen molar-refractivity contribution < 1.29 is 21.6 Å². The van der Waals surface area contributed by atoms with E-state index >= 15 is 0 Å². The van der Waals surface area contributed by atoms with Crippen molar-refractivity contribution in [2.24, 2.45) is 0 Å². The number of alkyl halides is 3. The standard InChI is InChI=1S/C9H16F3NO2S/c1-3-5-7-8(6-4-2)13(7)16(14,15)9(10,11)12/h7-8H,3-6H2,1-2H3. The third-order valence-corrected chi connectivity index (χ3v) is 4.43. The monoisotopic (exact) mass is 259 g/mol. The number of hydrogen-bond acceptors (Lipinski definition) is 2. The van der Waals surface area contributed by atoms with E-state index < -0.39 is 27.6 Å². The van der Waals surface area contributed by atoms with Crippen molar-refractivity contribution in [2.75, 3.05) is 0 Å². The molecule has 1 heterocycles. The maximum atomic E-state index is 12.3. The van der Waals surface area contributed by atoms with Gasteiger partial charge in [0.15, 0.2) is 0 Å². The maximum Gasteiger partial charge on any atom is 0.511 e. The van der Waals surface area contributed by atoms with E-state index in [1.807, 2.05) is 13.8 Å². The van der Waals surface area contributed by atoms with Crippen molar-refractivity contribution in [3.05, 3.63) is 0 Å². The second kappa shape index (κ2) is 4.52. The van der Waals surface area contributed by atoms with E-state index in [2.05, 4.69) is 0 Å². The highest BCUT2D eigenvalue weighted by atomic mass is 32.2. The van der Waals surface area contributed by atoms with E-state index in [0.29, 0.717) is 30.0 Å². The van der Waals surface area contributed by atoms with Gasteiger partial charge in [-0.05, 0) is 12.8 Å². The third kappa shape index (κ3) is 2.34. The highest BCUT2D eigenvalue weighted by Crippen LogP contribution is 2.43. The number of nitrogens with zero attached hydrogens (tertiary/aromatic N) is 1. The molecule has 3 nitrogen and oxygen atoms in total. The zero-order valence-electron chi connectivity index (χ0n) is 9.29. The molecule has 0 amide bonds. The molecule has 0 aliphatic carbocycles. The lowest BCUT2D eigenvalue weighted by Gasteiger charge is -2.09. The molecule has 2 unspecified atom stereocenters. The highest BCUT2D eigenvalue weighted by Gasteiger charge is 2.63. The summed E-state index contributed by atoms with van der Waals surface area (Å²) >= 11 is 0. The molecule has 96 valence electrons. The fourth-order valence-corrected chi connectivity index (χ4v) is 3.41. The summed E-state index contributed by atoms with van der Waals surface area (Å²) in [5.41, 5.74) is -5.17. The fraction of sp³-hybridized carbons (Fsp3) is 1.00. The van der Waals surface area contributed by atoms with Gasteiger partial charge in [-0.1, -0.05) is 26.7 Å². The Kier molecular flexibility index (Phi) is 3.89. The van der Waals surface area contributed by atoms with Gasteiger partial charge in [-0.25, -0.2) is 8.42 Å². The SMILES string of the molecule is CCCC1C(CCC)N1S(=O)(=O)C(F)(F)F. The van der Waals surface area contributed by atoms with E-state index in [1.165, 1.54) is 0 Å². The summed E-state index contributed by atoms with van der Waals surface area (Å²) in [6.07, 6.45) is 2.38. The summed E-state index contributed by atoms with van der Waals surface area (Å²) in [7, 11) is -5.11. The first-order chi connectivity index (χ1) is 7.27. The Morgan fingerprint density at radius 2 is 1.44 bits per heavy atom. The van der Waals surface area contributed by atoms with Crippen LogP contribution in [-0.2, 0) is 10.0 Å². The molecule has 0 saturated carbocycles. The summed E-state index contributed by atoms with van der Waals surface area (Å²) in [6, 6.07) is -0.895. The van der Waals surface area contributed by atoms with Gasteiger partial charge in [-0.2, -0.15) is 17.5 Å². The predicted molar refractivity (Wildman–Crippen MR) is 54.2 cm³/mol. The van der Waals surface area contributed by atoms with Crippen LogP contribution in [0.15, 0.2) is 0 Å². The molecule has 0 aromatic heterocycles. The van der Waals surface area contributed by atoms with Crippen molar-refractivity contribution in [1.82, 2.24) is 4.31 Å². The Morgan fingerprint density at radius 3 is 1.69 bits per heavy atom. The van der Waals surface area contributed by atoms with Crippen molar-refractivity contribution in [3.63, 3.8) is 0 Å². The van der Waals surface area contributed by atoms with Crippen molar-refractivity contribution in [1.29, 1.82) is 0 Å². The average Bonchev–Trinajstić information content (AvgIpc) is 2.78. The first-order valence-corrected chi connectivity index (χ1v) is 6.81. The highest BCUT2D eigenvalue weighted by molar-refractivity contribution is 7.90. The topological polar surface area (TPSA) is 37.1 Å². The number of rotatable bonds is 5. The molecule has 2 atom stereocenters. The Labute approximate surface area is 93.7 Å². The molecule has 1 aliphatic rings. The van der Waals surface area contributed by atoms with Crippen LogP contribution in [0.4, 0.5) is 13.2 Å². The second-order valence-corrected chi connectivity index (χ2v) is 5.83. The summed E-state index contributed by atoms with van der Waals surface area (Å²) in [4.78, 5) is 0. The molecule has 0 radical (unpaired) electrons. The number of halogens is 3. The van der Waals surface area contributed by atoms with Crippen LogP contribution in [0.1, 0.15) is 39.5 Å². The molecule has 1 saturated heterocycles. The molecule has 7 heteroatoms. The van der Waals surface area contributed by atoms with Crippen LogP contribution in [0, 0.1) is 0 Å². The second-order valence-electron chi connectivity index (χ2n) is 3.99. The van der Waals surface area contributed by atoms with E-state index in [9.17, 15) is 21.6 Å². The van der Waals surface area contributed by atoms with Crippen LogP contribution in [0.25, 0.3) is 0 Å². The normalized spacial score (nSPS) is 30.4. The van der Waals surface area contributed by atoms with Gasteiger partial charge >= 0.3 is 15.5 Å². The fourth-order valence-electron chi connectivity index (χ4n) is 2.02. The quantitative estimate of drug-likeness (QED) is 0.711. The molecule has 1 fully saturated rings. The molecule has 0 spiro atoms. The minimum absolute atomic E-state index is 0.448. The third-order valence-electron chi connectivity index (χ3n) is 2.75. The van der Waals surface area contributed by atoms with Crippen LogP contribution in [0.5, 0.6) is 0 Å². The van der Waals surface area contributed by atoms with Crippen LogP contribution < -0.4 is 0 Å². The first kappa shape index (κ1) is 13.8. The Hall–Kier alpha value is -0.300. The zero-order chi connectivity index (χ0) is 12.6. The minimum Gasteiger partial charge on any atom is -0.203 e. The average molecular weight is 259 g/mol. The molecular weight excluding hydrogens is 243 g/mol. The first-order valence-electron chi connectivity index (χ1n) is 5.37. The molecule has 0 bridgehead atoms. The minimum atomic E-state index is -5.17. The van der Waals surface area contributed by atoms with Crippen LogP contribution >= 0.6 is 0 Å². The molecule has 1 aliphatic heterocycles. The molecule has 0 aromatic carbocycles. The van der Waals surface area contributed by atoms with Gasteiger partial charge in [-0.15, -0.1) is 0 Å². The van der Waals surface area contributed by atoms with Crippen LogP contribution in [0.3, 0.4) is 0 Å². The Morgan fingerprint density at radius 1 is 1.06 bits per heavy atom. The smallest absolute Gasteiger partial charge is 0.203 e. The summed E-state index contributed by atoms with van der Waals surface area (Å²) in [5, 5.41) is 0. The zero-order valence-corrected chi connectivity index (χ0v) is 10.1. The van der Waals surface area contributed by atoms with Gasteiger partial charge in [0.05, 0.1) is 0 Å². The van der Waals surface area contributed by atoms with E-state index in [0.717, 1.165) is 0 Å². The summed E-state index contributed by atoms with van der Waals surface area (Å²) in [6.45, 7) is 3.67. The molecule has 1 rings (SSSR count). The lowest BCUT2D eigenvalue weighted by molar-refractivity contribution is -0.0469. The number of sulfonamides is 1. The molecule has 0 aromatic rings. The summed E-state index contributed by atoms with van der Waals surface area (Å²) in [5.74, 6) is 0. The largest absolute Gasteiger partial charge is 0.511 e. The summed E-state index contributed by atoms with van der Waals surface area (Å²) < 4.78 is 60.0. The van der Waals surface area contributed by atoms with Crippen molar-refractivity contribution in [2.45, 2.75) is 57.1 Å². The molecular formula is C9H16F3NO2S. The Bertz CT molecular complexity index is 327. The van der Waals surface area contributed by atoms with E-state index in [-0.39, 0.29) is 0 Å². The van der Waals surface area contributed by atoms with Crippen molar-refractivity contribution in [3.8, 4) is 0 Å². The van der Waals surface area contributed by atoms with Gasteiger partial charge in [0.1, 0.15) is 0 Å². The van der Waals surface area contributed by atoms with Crippen molar-refractivity contribution >= 4 is 10.0 Å². The molecule has 16 heavy (non-hydrogen) atoms. The Balaban J connectivity index is 2.81.